The van der Waals surface area contributed by atoms with Gasteiger partial charge in [0.2, 0.25) is 5.89 Å². The number of thioether (sulfide) groups is 1. The normalized spacial score (nSPS) is 11.4. The van der Waals surface area contributed by atoms with Crippen LogP contribution in [0.15, 0.2) is 63.1 Å². The van der Waals surface area contributed by atoms with Gasteiger partial charge in [-0.05, 0) is 53.2 Å². The highest BCUT2D eigenvalue weighted by Gasteiger charge is 2.14. The fourth-order valence-corrected chi connectivity index (χ4v) is 2.98. The van der Waals surface area contributed by atoms with Gasteiger partial charge in [-0.3, -0.25) is 0 Å². The maximum atomic E-state index is 11.5. The van der Waals surface area contributed by atoms with Crippen molar-refractivity contribution in [2.24, 2.45) is 0 Å². The van der Waals surface area contributed by atoms with Crippen molar-refractivity contribution in [3.8, 4) is 5.75 Å². The SMILES string of the molecule is Cc1nnc(S/C(=C\c2cccc(OCc3ccc(Cl)cc3)c2)C(=O)O)o1. The van der Waals surface area contributed by atoms with Crippen molar-refractivity contribution in [3.05, 3.63) is 75.5 Å². The van der Waals surface area contributed by atoms with Crippen molar-refractivity contribution in [3.63, 3.8) is 0 Å². The molecule has 1 aromatic heterocycles. The van der Waals surface area contributed by atoms with Crippen LogP contribution >= 0.6 is 23.4 Å². The van der Waals surface area contributed by atoms with Crippen LogP contribution in [-0.4, -0.2) is 21.3 Å². The number of carbonyl (C=O) groups is 1. The molecule has 0 radical (unpaired) electrons. The van der Waals surface area contributed by atoms with Gasteiger partial charge in [0.25, 0.3) is 5.22 Å². The first-order valence-corrected chi connectivity index (χ1v) is 9.09. The molecule has 3 aromatic rings. The number of benzene rings is 2. The Labute approximate surface area is 164 Å². The fourth-order valence-electron chi connectivity index (χ4n) is 2.14. The van der Waals surface area contributed by atoms with E-state index in [4.69, 9.17) is 20.8 Å². The van der Waals surface area contributed by atoms with E-state index in [1.165, 1.54) is 6.08 Å². The van der Waals surface area contributed by atoms with E-state index in [0.29, 0.717) is 28.8 Å². The molecular weight excluding hydrogens is 388 g/mol. The molecule has 0 fully saturated rings. The van der Waals surface area contributed by atoms with Crippen LogP contribution in [0.1, 0.15) is 17.0 Å². The molecular formula is C19H15ClN2O4S. The molecule has 8 heteroatoms. The molecule has 2 aromatic carbocycles. The third-order valence-electron chi connectivity index (χ3n) is 3.39. The number of ether oxygens (including phenoxy) is 1. The number of aliphatic carboxylic acids is 1. The Morgan fingerprint density at radius 2 is 2.04 bits per heavy atom. The van der Waals surface area contributed by atoms with Gasteiger partial charge in [0.15, 0.2) is 0 Å². The second-order valence-corrected chi connectivity index (χ2v) is 6.92. The number of hydrogen-bond acceptors (Lipinski definition) is 6. The Kier molecular flexibility index (Phi) is 6.16. The Morgan fingerprint density at radius 3 is 2.70 bits per heavy atom. The third-order valence-corrected chi connectivity index (χ3v) is 4.49. The van der Waals surface area contributed by atoms with E-state index < -0.39 is 5.97 Å². The number of aryl methyl sites for hydroxylation is 1. The molecule has 1 N–H and O–H groups in total. The highest BCUT2D eigenvalue weighted by atomic mass is 35.5. The molecule has 6 nitrogen and oxygen atoms in total. The summed E-state index contributed by atoms with van der Waals surface area (Å²) in [7, 11) is 0. The summed E-state index contributed by atoms with van der Waals surface area (Å²) in [5.41, 5.74) is 1.67. The average Bonchev–Trinajstić information content (AvgIpc) is 3.06. The first-order chi connectivity index (χ1) is 13.0. The monoisotopic (exact) mass is 402 g/mol. The molecule has 0 atom stereocenters. The number of carboxylic acids is 1. The van der Waals surface area contributed by atoms with Crippen molar-refractivity contribution in [2.45, 2.75) is 18.8 Å². The van der Waals surface area contributed by atoms with E-state index in [1.54, 1.807) is 37.3 Å². The van der Waals surface area contributed by atoms with Crippen LogP contribution in [0.25, 0.3) is 6.08 Å². The van der Waals surface area contributed by atoms with Gasteiger partial charge in [-0.15, -0.1) is 10.2 Å². The van der Waals surface area contributed by atoms with Gasteiger partial charge in [-0.2, -0.15) is 0 Å². The van der Waals surface area contributed by atoms with Crippen molar-refractivity contribution in [2.75, 3.05) is 0 Å². The van der Waals surface area contributed by atoms with Crippen LogP contribution in [0, 0.1) is 6.92 Å². The Balaban J connectivity index is 1.73. The largest absolute Gasteiger partial charge is 0.489 e. The van der Waals surface area contributed by atoms with Gasteiger partial charge in [0.05, 0.1) is 0 Å². The minimum absolute atomic E-state index is 0.0634. The van der Waals surface area contributed by atoms with E-state index in [0.717, 1.165) is 17.3 Å². The Bertz CT molecular complexity index is 970. The van der Waals surface area contributed by atoms with Crippen LogP contribution in [0.2, 0.25) is 5.02 Å². The molecule has 0 aliphatic heterocycles. The van der Waals surface area contributed by atoms with E-state index in [-0.39, 0.29) is 10.1 Å². The van der Waals surface area contributed by atoms with Crippen molar-refractivity contribution in [1.29, 1.82) is 0 Å². The predicted molar refractivity (Wildman–Crippen MR) is 103 cm³/mol. The maximum Gasteiger partial charge on any atom is 0.342 e. The molecule has 1 heterocycles. The number of halogens is 1. The molecule has 27 heavy (non-hydrogen) atoms. The van der Waals surface area contributed by atoms with Gasteiger partial charge in [-0.1, -0.05) is 35.9 Å². The number of carboxylic acid groups (broad SMARTS) is 1. The minimum Gasteiger partial charge on any atom is -0.489 e. The van der Waals surface area contributed by atoms with Crippen LogP contribution < -0.4 is 4.74 Å². The van der Waals surface area contributed by atoms with Crippen molar-refractivity contribution >= 4 is 35.4 Å². The summed E-state index contributed by atoms with van der Waals surface area (Å²) in [6.07, 6.45) is 1.53. The number of aromatic nitrogens is 2. The molecule has 0 saturated carbocycles. The molecule has 0 saturated heterocycles. The lowest BCUT2D eigenvalue weighted by atomic mass is 10.2. The molecule has 0 aliphatic rings. The number of rotatable bonds is 7. The lowest BCUT2D eigenvalue weighted by Crippen LogP contribution is -1.97. The number of nitrogens with zero attached hydrogens (tertiary/aromatic N) is 2. The highest BCUT2D eigenvalue weighted by Crippen LogP contribution is 2.28. The van der Waals surface area contributed by atoms with Gasteiger partial charge >= 0.3 is 5.97 Å². The van der Waals surface area contributed by atoms with Gasteiger partial charge in [0, 0.05) is 11.9 Å². The minimum atomic E-state index is -1.08. The average molecular weight is 403 g/mol. The van der Waals surface area contributed by atoms with Gasteiger partial charge in [-0.25, -0.2) is 4.79 Å². The quantitative estimate of drug-likeness (QED) is 0.447. The molecule has 3 rings (SSSR count). The van der Waals surface area contributed by atoms with E-state index in [1.807, 2.05) is 18.2 Å². The summed E-state index contributed by atoms with van der Waals surface area (Å²) in [6.45, 7) is 2.02. The first-order valence-electron chi connectivity index (χ1n) is 7.90. The molecule has 0 spiro atoms. The first kappa shape index (κ1) is 19.0. The molecule has 0 bridgehead atoms. The van der Waals surface area contributed by atoms with Crippen LogP contribution in [0.4, 0.5) is 0 Å². The zero-order chi connectivity index (χ0) is 19.2. The maximum absolute atomic E-state index is 11.5. The summed E-state index contributed by atoms with van der Waals surface area (Å²) in [5, 5.41) is 17.8. The molecule has 0 amide bonds. The zero-order valence-corrected chi connectivity index (χ0v) is 15.8. The summed E-state index contributed by atoms with van der Waals surface area (Å²) in [6, 6.07) is 14.5. The molecule has 0 unspecified atom stereocenters. The van der Waals surface area contributed by atoms with Crippen molar-refractivity contribution < 1.29 is 19.1 Å². The van der Waals surface area contributed by atoms with Gasteiger partial charge in [0.1, 0.15) is 17.3 Å². The van der Waals surface area contributed by atoms with Crippen LogP contribution in [0.5, 0.6) is 5.75 Å². The summed E-state index contributed by atoms with van der Waals surface area (Å²) >= 11 is 6.77. The van der Waals surface area contributed by atoms with Gasteiger partial charge < -0.3 is 14.3 Å². The number of hydrogen-bond donors (Lipinski definition) is 1. The van der Waals surface area contributed by atoms with E-state index in [9.17, 15) is 9.90 Å². The Hall–Kier alpha value is -2.77. The fraction of sp³-hybridized carbons (Fsp3) is 0.105. The Morgan fingerprint density at radius 1 is 1.26 bits per heavy atom. The molecule has 138 valence electrons. The van der Waals surface area contributed by atoms with Crippen molar-refractivity contribution in [1.82, 2.24) is 10.2 Å². The van der Waals surface area contributed by atoms with Crippen LogP contribution in [0.3, 0.4) is 0 Å². The third kappa shape index (κ3) is 5.60. The van der Waals surface area contributed by atoms with Crippen LogP contribution in [-0.2, 0) is 11.4 Å². The standard InChI is InChI=1S/C19H15ClN2O4S/c1-12-21-22-19(26-12)27-17(18(23)24)10-14-3-2-4-16(9-14)25-11-13-5-7-15(20)8-6-13/h2-10H,11H2,1H3,(H,23,24)/b17-10-. The second kappa shape index (κ2) is 8.75. The summed E-state index contributed by atoms with van der Waals surface area (Å²) in [5.74, 6) is -0.0785. The zero-order valence-electron chi connectivity index (χ0n) is 14.3. The summed E-state index contributed by atoms with van der Waals surface area (Å²) < 4.78 is 11.0. The van der Waals surface area contributed by atoms with E-state index in [2.05, 4.69) is 10.2 Å². The molecule has 0 aliphatic carbocycles. The predicted octanol–water partition coefficient (Wildman–Crippen LogP) is 4.83. The smallest absolute Gasteiger partial charge is 0.342 e. The lowest BCUT2D eigenvalue weighted by Gasteiger charge is -2.07. The lowest BCUT2D eigenvalue weighted by molar-refractivity contribution is -0.131. The second-order valence-electron chi connectivity index (χ2n) is 5.49. The highest BCUT2D eigenvalue weighted by molar-refractivity contribution is 8.03. The topological polar surface area (TPSA) is 85.5 Å². The summed E-state index contributed by atoms with van der Waals surface area (Å²) in [4.78, 5) is 11.6. The van der Waals surface area contributed by atoms with E-state index >= 15 is 0 Å².